The van der Waals surface area contributed by atoms with Crippen molar-refractivity contribution < 1.29 is 0 Å². The molecule has 0 fully saturated rings. The minimum atomic E-state index is 0.570. The molecule has 0 aliphatic heterocycles. The van der Waals surface area contributed by atoms with Gasteiger partial charge in [-0.2, -0.15) is 0 Å². The van der Waals surface area contributed by atoms with Crippen molar-refractivity contribution in [2.24, 2.45) is 0 Å². The Morgan fingerprint density at radius 1 is 0.889 bits per heavy atom. The van der Waals surface area contributed by atoms with Crippen LogP contribution in [0.2, 0.25) is 0 Å². The number of nitrogens with two attached hydrogens (primary N) is 1. The molecule has 3 rings (SSSR count). The van der Waals surface area contributed by atoms with Crippen LogP contribution in [0.5, 0.6) is 0 Å². The predicted octanol–water partition coefficient (Wildman–Crippen LogP) is 3.19. The first-order chi connectivity index (χ1) is 8.74. The fourth-order valence-corrected chi connectivity index (χ4v) is 2.10. The van der Waals surface area contributed by atoms with E-state index in [1.165, 1.54) is 0 Å². The van der Waals surface area contributed by atoms with E-state index in [9.17, 15) is 0 Å². The Balaban J connectivity index is 2.22. The van der Waals surface area contributed by atoms with Crippen LogP contribution in [0.25, 0.3) is 21.9 Å². The topological polar surface area (TPSA) is 51.8 Å². The number of benzene rings is 1. The average Bonchev–Trinajstić information content (AvgIpc) is 2.39. The first-order valence-electron chi connectivity index (χ1n) is 5.81. The molecule has 88 valence electrons. The van der Waals surface area contributed by atoms with E-state index in [2.05, 4.69) is 34.2 Å². The van der Waals surface area contributed by atoms with Crippen molar-refractivity contribution in [2.45, 2.75) is 6.92 Å². The number of pyridine rings is 2. The normalized spacial score (nSPS) is 10.7. The summed E-state index contributed by atoms with van der Waals surface area (Å²) < 4.78 is 0. The third kappa shape index (κ3) is 1.80. The highest BCUT2D eigenvalue weighted by atomic mass is 14.8. The minimum Gasteiger partial charge on any atom is -0.383 e. The number of aromatic nitrogens is 2. The first-order valence-corrected chi connectivity index (χ1v) is 5.81. The maximum Gasteiger partial charge on any atom is 0.131 e. The van der Waals surface area contributed by atoms with Crippen LogP contribution >= 0.6 is 0 Å². The van der Waals surface area contributed by atoms with Crippen molar-refractivity contribution in [3.05, 3.63) is 54.5 Å². The number of nitrogens with zero attached hydrogens (tertiary/aromatic N) is 2. The number of nitrogen functional groups attached to an aromatic ring is 1. The fraction of sp³-hybridized carbons (Fsp3) is 0.0667. The molecule has 0 saturated heterocycles. The van der Waals surface area contributed by atoms with Gasteiger partial charge in [-0.3, -0.25) is 4.98 Å². The third-order valence-corrected chi connectivity index (χ3v) is 3.03. The van der Waals surface area contributed by atoms with Crippen LogP contribution in [0.1, 0.15) is 5.69 Å². The van der Waals surface area contributed by atoms with E-state index < -0.39 is 0 Å². The molecule has 18 heavy (non-hydrogen) atoms. The molecule has 3 heteroatoms. The molecule has 3 nitrogen and oxygen atoms in total. The Labute approximate surface area is 105 Å². The van der Waals surface area contributed by atoms with Crippen LogP contribution in [0.4, 0.5) is 5.82 Å². The Hall–Kier alpha value is -2.42. The summed E-state index contributed by atoms with van der Waals surface area (Å²) in [7, 11) is 0. The summed E-state index contributed by atoms with van der Waals surface area (Å²) in [5, 5.41) is 2.10. The summed E-state index contributed by atoms with van der Waals surface area (Å²) in [6.07, 6.45) is 3.55. The zero-order valence-electron chi connectivity index (χ0n) is 10.1. The number of anilines is 1. The molecule has 0 aliphatic carbocycles. The van der Waals surface area contributed by atoms with Crippen molar-refractivity contribution in [3.8, 4) is 11.1 Å². The Kier molecular flexibility index (Phi) is 2.45. The van der Waals surface area contributed by atoms with Gasteiger partial charge in [-0.1, -0.05) is 12.1 Å². The lowest BCUT2D eigenvalue weighted by molar-refractivity contribution is 1.20. The van der Waals surface area contributed by atoms with Gasteiger partial charge in [0.1, 0.15) is 5.82 Å². The summed E-state index contributed by atoms with van der Waals surface area (Å²) in [6, 6.07) is 12.3. The lowest BCUT2D eigenvalue weighted by Crippen LogP contribution is -1.91. The van der Waals surface area contributed by atoms with Crippen molar-refractivity contribution in [2.75, 3.05) is 5.73 Å². The summed E-state index contributed by atoms with van der Waals surface area (Å²) >= 11 is 0. The van der Waals surface area contributed by atoms with Gasteiger partial charge in [-0.05, 0) is 47.7 Å². The van der Waals surface area contributed by atoms with Crippen LogP contribution < -0.4 is 5.73 Å². The minimum absolute atomic E-state index is 0.570. The zero-order valence-corrected chi connectivity index (χ0v) is 10.1. The molecule has 0 radical (unpaired) electrons. The van der Waals surface area contributed by atoms with Crippen molar-refractivity contribution in [1.29, 1.82) is 0 Å². The van der Waals surface area contributed by atoms with Gasteiger partial charge in [0.2, 0.25) is 0 Å². The molecule has 2 aromatic heterocycles. The Morgan fingerprint density at radius 3 is 2.50 bits per heavy atom. The van der Waals surface area contributed by atoms with Gasteiger partial charge in [0.25, 0.3) is 0 Å². The summed E-state index contributed by atoms with van der Waals surface area (Å²) in [6.45, 7) is 1.99. The van der Waals surface area contributed by atoms with Gasteiger partial charge >= 0.3 is 0 Å². The van der Waals surface area contributed by atoms with Crippen molar-refractivity contribution in [1.82, 2.24) is 9.97 Å². The highest BCUT2D eigenvalue weighted by molar-refractivity contribution is 5.94. The highest BCUT2D eigenvalue weighted by Crippen LogP contribution is 2.26. The van der Waals surface area contributed by atoms with Gasteiger partial charge in [0.05, 0.1) is 0 Å². The number of hydrogen-bond donors (Lipinski definition) is 1. The van der Waals surface area contributed by atoms with Gasteiger partial charge in [-0.15, -0.1) is 0 Å². The van der Waals surface area contributed by atoms with Gasteiger partial charge < -0.3 is 5.73 Å². The second-order valence-electron chi connectivity index (χ2n) is 4.32. The van der Waals surface area contributed by atoms with Gasteiger partial charge in [-0.25, -0.2) is 4.98 Å². The molecule has 1 aromatic carbocycles. The lowest BCUT2D eigenvalue weighted by Gasteiger charge is -2.06. The van der Waals surface area contributed by atoms with E-state index in [0.29, 0.717) is 5.82 Å². The fourth-order valence-electron chi connectivity index (χ4n) is 2.10. The molecular weight excluding hydrogens is 222 g/mol. The molecule has 0 amide bonds. The predicted molar refractivity (Wildman–Crippen MR) is 74.1 cm³/mol. The van der Waals surface area contributed by atoms with Gasteiger partial charge in [0, 0.05) is 23.5 Å². The molecular formula is C15H13N3. The number of fused-ring (bicyclic) bond motifs is 1. The van der Waals surface area contributed by atoms with Crippen LogP contribution in [-0.2, 0) is 0 Å². The number of hydrogen-bond acceptors (Lipinski definition) is 3. The highest BCUT2D eigenvalue weighted by Gasteiger charge is 2.03. The second kappa shape index (κ2) is 4.11. The Bertz CT molecular complexity index is 720. The molecule has 2 heterocycles. The maximum atomic E-state index is 5.91. The standard InChI is InChI=1S/C15H13N3/c1-10-8-13(5-6-17-10)12-3-2-11-4-7-18-15(16)14(11)9-12/h2-9H,1H3,(H2,16,18). The molecule has 0 saturated carbocycles. The van der Waals surface area contributed by atoms with Crippen molar-refractivity contribution >= 4 is 16.6 Å². The quantitative estimate of drug-likeness (QED) is 0.704. The van der Waals surface area contributed by atoms with E-state index in [-0.39, 0.29) is 0 Å². The Morgan fingerprint density at radius 2 is 1.67 bits per heavy atom. The monoisotopic (exact) mass is 235 g/mol. The van der Waals surface area contributed by atoms with Crippen LogP contribution in [-0.4, -0.2) is 9.97 Å². The molecule has 0 spiro atoms. The molecule has 0 bridgehead atoms. The average molecular weight is 235 g/mol. The number of aryl methyl sites for hydroxylation is 1. The van der Waals surface area contributed by atoms with Crippen LogP contribution in [0.15, 0.2) is 48.8 Å². The van der Waals surface area contributed by atoms with E-state index in [4.69, 9.17) is 5.73 Å². The maximum absolute atomic E-state index is 5.91. The van der Waals surface area contributed by atoms with E-state index >= 15 is 0 Å². The third-order valence-electron chi connectivity index (χ3n) is 3.03. The van der Waals surface area contributed by atoms with Crippen LogP contribution in [0, 0.1) is 6.92 Å². The van der Waals surface area contributed by atoms with E-state index in [1.54, 1.807) is 6.20 Å². The molecule has 0 aliphatic rings. The van der Waals surface area contributed by atoms with Gasteiger partial charge in [0.15, 0.2) is 0 Å². The molecule has 0 unspecified atom stereocenters. The SMILES string of the molecule is Cc1cc(-c2ccc3ccnc(N)c3c2)ccn1. The van der Waals surface area contributed by atoms with Crippen molar-refractivity contribution in [3.63, 3.8) is 0 Å². The van der Waals surface area contributed by atoms with E-state index in [1.807, 2.05) is 25.3 Å². The number of rotatable bonds is 1. The zero-order chi connectivity index (χ0) is 12.5. The molecule has 3 aromatic rings. The first kappa shape index (κ1) is 10.7. The second-order valence-corrected chi connectivity index (χ2v) is 4.32. The van der Waals surface area contributed by atoms with E-state index in [0.717, 1.165) is 27.6 Å². The largest absolute Gasteiger partial charge is 0.383 e. The summed E-state index contributed by atoms with van der Waals surface area (Å²) in [5.41, 5.74) is 9.19. The summed E-state index contributed by atoms with van der Waals surface area (Å²) in [5.74, 6) is 0.570. The van der Waals surface area contributed by atoms with Crippen LogP contribution in [0.3, 0.4) is 0 Å². The molecule has 2 N–H and O–H groups in total. The lowest BCUT2D eigenvalue weighted by atomic mass is 10.0. The summed E-state index contributed by atoms with van der Waals surface area (Å²) in [4.78, 5) is 8.33. The molecule has 0 atom stereocenters. The smallest absolute Gasteiger partial charge is 0.131 e.